The molecule has 1 aromatic heterocycles. The molecule has 0 unspecified atom stereocenters. The molecule has 0 bridgehead atoms. The van der Waals surface area contributed by atoms with Crippen LogP contribution in [-0.2, 0) is 0 Å². The zero-order valence-electron chi connectivity index (χ0n) is 16.0. The van der Waals surface area contributed by atoms with Gasteiger partial charge in [-0.1, -0.05) is 57.0 Å². The molecule has 0 atom stereocenters. The summed E-state index contributed by atoms with van der Waals surface area (Å²) in [6.45, 7) is 5.48. The third-order valence-electron chi connectivity index (χ3n) is 4.39. The van der Waals surface area contributed by atoms with E-state index in [0.717, 1.165) is 42.2 Å². The van der Waals surface area contributed by atoms with E-state index in [1.807, 2.05) is 36.4 Å². The van der Waals surface area contributed by atoms with Crippen LogP contribution in [0.1, 0.15) is 39.5 Å². The summed E-state index contributed by atoms with van der Waals surface area (Å²) in [6, 6.07) is 15.0. The summed E-state index contributed by atoms with van der Waals surface area (Å²) in [5, 5.41) is 0.805. The normalized spacial score (nSPS) is 10.9. The van der Waals surface area contributed by atoms with Crippen LogP contribution in [0.5, 0.6) is 11.5 Å². The Labute approximate surface area is 159 Å². The molecule has 4 nitrogen and oxygen atoms in total. The van der Waals surface area contributed by atoms with Crippen molar-refractivity contribution in [2.45, 2.75) is 39.5 Å². The van der Waals surface area contributed by atoms with E-state index in [1.165, 1.54) is 6.07 Å². The maximum Gasteiger partial charge on any atom is 0.336 e. The van der Waals surface area contributed by atoms with Crippen molar-refractivity contribution in [1.82, 2.24) is 0 Å². The Kier molecular flexibility index (Phi) is 6.53. The van der Waals surface area contributed by atoms with Crippen LogP contribution in [0, 0.1) is 0 Å². The third-order valence-corrected chi connectivity index (χ3v) is 4.39. The summed E-state index contributed by atoms with van der Waals surface area (Å²) in [6.07, 6.45) is 4.03. The fourth-order valence-corrected chi connectivity index (χ4v) is 2.94. The highest BCUT2D eigenvalue weighted by Crippen LogP contribution is 2.37. The van der Waals surface area contributed by atoms with Gasteiger partial charge in [0.05, 0.1) is 18.6 Å². The van der Waals surface area contributed by atoms with E-state index in [1.54, 1.807) is 6.07 Å². The summed E-state index contributed by atoms with van der Waals surface area (Å²) in [5.74, 6) is 1.35. The molecule has 0 aliphatic heterocycles. The minimum absolute atomic E-state index is 0.383. The van der Waals surface area contributed by atoms with Gasteiger partial charge in [-0.2, -0.15) is 0 Å². The van der Waals surface area contributed by atoms with Crippen molar-refractivity contribution < 1.29 is 13.9 Å². The Bertz CT molecular complexity index is 928. The van der Waals surface area contributed by atoms with Crippen LogP contribution in [0.2, 0.25) is 0 Å². The van der Waals surface area contributed by atoms with E-state index < -0.39 is 0 Å². The molecule has 0 spiro atoms. The van der Waals surface area contributed by atoms with E-state index >= 15 is 0 Å². The van der Waals surface area contributed by atoms with Crippen LogP contribution in [0.3, 0.4) is 0 Å². The molecule has 0 aliphatic rings. The predicted octanol–water partition coefficient (Wildman–Crippen LogP) is 5.82. The predicted molar refractivity (Wildman–Crippen MR) is 109 cm³/mol. The molecule has 3 aromatic rings. The van der Waals surface area contributed by atoms with Gasteiger partial charge in [0.2, 0.25) is 0 Å². The minimum Gasteiger partial charge on any atom is -0.493 e. The summed E-state index contributed by atoms with van der Waals surface area (Å²) < 4.78 is 17.4. The number of hydrogen-bond donors (Lipinski definition) is 0. The second-order valence-corrected chi connectivity index (χ2v) is 6.54. The van der Waals surface area contributed by atoms with Gasteiger partial charge in [-0.25, -0.2) is 4.79 Å². The van der Waals surface area contributed by atoms with Crippen molar-refractivity contribution >= 4 is 11.0 Å². The van der Waals surface area contributed by atoms with Crippen molar-refractivity contribution in [1.29, 1.82) is 0 Å². The summed E-state index contributed by atoms with van der Waals surface area (Å²) >= 11 is 0. The van der Waals surface area contributed by atoms with Crippen LogP contribution in [0.15, 0.2) is 57.7 Å². The monoisotopic (exact) mass is 366 g/mol. The van der Waals surface area contributed by atoms with Gasteiger partial charge in [0.1, 0.15) is 17.1 Å². The van der Waals surface area contributed by atoms with Gasteiger partial charge < -0.3 is 13.9 Å². The van der Waals surface area contributed by atoms with Crippen LogP contribution in [0.4, 0.5) is 0 Å². The lowest BCUT2D eigenvalue weighted by Gasteiger charge is -2.14. The highest BCUT2D eigenvalue weighted by Gasteiger charge is 2.15. The lowest BCUT2D eigenvalue weighted by molar-refractivity contribution is 0.296. The summed E-state index contributed by atoms with van der Waals surface area (Å²) in [5.41, 5.74) is 1.87. The standard InChI is InChI=1S/C23H26O4/c1-3-5-12-25-18-14-20(26-13-6-4-2)23-19(17-10-8-7-9-11-17)16-22(24)27-21(23)15-18/h7-11,14-16H,3-6,12-13H2,1-2H3. The largest absolute Gasteiger partial charge is 0.493 e. The molecule has 4 heteroatoms. The zero-order chi connectivity index (χ0) is 19.1. The number of unbranched alkanes of at least 4 members (excludes halogenated alkanes) is 2. The fourth-order valence-electron chi connectivity index (χ4n) is 2.94. The highest BCUT2D eigenvalue weighted by molar-refractivity contribution is 5.98. The van der Waals surface area contributed by atoms with Crippen molar-refractivity contribution in [3.63, 3.8) is 0 Å². The van der Waals surface area contributed by atoms with E-state index in [4.69, 9.17) is 13.9 Å². The van der Waals surface area contributed by atoms with Crippen LogP contribution in [0.25, 0.3) is 22.1 Å². The first-order valence-corrected chi connectivity index (χ1v) is 9.65. The lowest BCUT2D eigenvalue weighted by atomic mass is 10.0. The highest BCUT2D eigenvalue weighted by atomic mass is 16.5. The molecule has 0 fully saturated rings. The Morgan fingerprint density at radius 2 is 1.59 bits per heavy atom. The van der Waals surface area contributed by atoms with Crippen LogP contribution in [-0.4, -0.2) is 13.2 Å². The fraction of sp³-hybridized carbons (Fsp3) is 0.348. The van der Waals surface area contributed by atoms with Gasteiger partial charge in [0.25, 0.3) is 0 Å². The first-order chi connectivity index (χ1) is 13.2. The quantitative estimate of drug-likeness (QED) is 0.354. The van der Waals surface area contributed by atoms with Gasteiger partial charge >= 0.3 is 5.63 Å². The van der Waals surface area contributed by atoms with Gasteiger partial charge in [0, 0.05) is 23.8 Å². The van der Waals surface area contributed by atoms with Crippen molar-refractivity contribution in [3.8, 4) is 22.6 Å². The van der Waals surface area contributed by atoms with Gasteiger partial charge in [-0.05, 0) is 18.4 Å². The first kappa shape index (κ1) is 19.0. The van der Waals surface area contributed by atoms with Crippen molar-refractivity contribution in [2.75, 3.05) is 13.2 Å². The molecular weight excluding hydrogens is 340 g/mol. The molecule has 0 radical (unpaired) electrons. The second-order valence-electron chi connectivity index (χ2n) is 6.54. The number of ether oxygens (including phenoxy) is 2. The second kappa shape index (κ2) is 9.26. The third kappa shape index (κ3) is 4.70. The zero-order valence-corrected chi connectivity index (χ0v) is 16.0. The van der Waals surface area contributed by atoms with Crippen LogP contribution < -0.4 is 15.1 Å². The molecule has 0 aliphatic carbocycles. The molecule has 0 saturated carbocycles. The first-order valence-electron chi connectivity index (χ1n) is 9.65. The molecule has 27 heavy (non-hydrogen) atoms. The number of hydrogen-bond acceptors (Lipinski definition) is 4. The molecule has 142 valence electrons. The SMILES string of the molecule is CCCCOc1cc(OCCCC)c2c(-c3ccccc3)cc(=O)oc2c1. The van der Waals surface area contributed by atoms with E-state index in [2.05, 4.69) is 13.8 Å². The molecular formula is C23H26O4. The number of fused-ring (bicyclic) bond motifs is 1. The molecule has 2 aromatic carbocycles. The summed E-state index contributed by atoms with van der Waals surface area (Å²) in [4.78, 5) is 12.2. The Hall–Kier alpha value is -2.75. The van der Waals surface area contributed by atoms with Crippen molar-refractivity contribution in [3.05, 3.63) is 59.0 Å². The van der Waals surface area contributed by atoms with E-state index in [-0.39, 0.29) is 5.63 Å². The van der Waals surface area contributed by atoms with Crippen LogP contribution >= 0.6 is 0 Å². The Morgan fingerprint density at radius 3 is 2.30 bits per heavy atom. The topological polar surface area (TPSA) is 48.7 Å². The molecule has 3 rings (SSSR count). The molecule has 0 saturated heterocycles. The maximum atomic E-state index is 12.2. The van der Waals surface area contributed by atoms with Crippen molar-refractivity contribution in [2.24, 2.45) is 0 Å². The Morgan fingerprint density at radius 1 is 0.889 bits per heavy atom. The average Bonchev–Trinajstić information content (AvgIpc) is 2.68. The van der Waals surface area contributed by atoms with Gasteiger partial charge in [-0.3, -0.25) is 0 Å². The van der Waals surface area contributed by atoms with E-state index in [9.17, 15) is 4.79 Å². The smallest absolute Gasteiger partial charge is 0.336 e. The summed E-state index contributed by atoms with van der Waals surface area (Å²) in [7, 11) is 0. The number of benzene rings is 2. The maximum absolute atomic E-state index is 12.2. The average molecular weight is 366 g/mol. The van der Waals surface area contributed by atoms with Gasteiger partial charge in [-0.15, -0.1) is 0 Å². The molecule has 0 N–H and O–H groups in total. The van der Waals surface area contributed by atoms with Gasteiger partial charge in [0.15, 0.2) is 0 Å². The lowest BCUT2D eigenvalue weighted by Crippen LogP contribution is -2.03. The minimum atomic E-state index is -0.383. The Balaban J connectivity index is 2.13. The molecule has 0 amide bonds. The van der Waals surface area contributed by atoms with E-state index in [0.29, 0.717) is 30.3 Å². The molecule has 1 heterocycles. The number of rotatable bonds is 9.